The number of fused-ring (bicyclic) bond motifs is 8. The molecule has 12 rings (SSSR count). The standard InChI is InChI=1S/C53H35N4O/c1-4-14-36(15-5-1)37-24-27-46-42(32-37)43-33-41(57-50-20-10-12-22-52(50)58-53-23-13-11-21-51(53)57)26-28-47(43)56(46)40-25-29-48-44(34-40)45-35-54(38-16-6-2-7-17-38)31-30-49(45)55(48)39-18-8-3-9-19-39/h1-35H/q+1. The number of aromatic nitrogens is 3. The molecule has 0 fully saturated rings. The molecule has 0 atom stereocenters. The van der Waals surface area contributed by atoms with E-state index in [2.05, 4.69) is 207 Å². The number of benzene rings is 8. The van der Waals surface area contributed by atoms with Gasteiger partial charge in [0.15, 0.2) is 23.9 Å². The van der Waals surface area contributed by atoms with E-state index in [4.69, 9.17) is 4.74 Å². The lowest BCUT2D eigenvalue weighted by Gasteiger charge is -2.32. The second kappa shape index (κ2) is 12.8. The Morgan fingerprint density at radius 3 is 1.59 bits per heavy atom. The summed E-state index contributed by atoms with van der Waals surface area (Å²) in [6.45, 7) is 0. The quantitative estimate of drug-likeness (QED) is 0.164. The van der Waals surface area contributed by atoms with Crippen molar-refractivity contribution < 1.29 is 9.30 Å². The monoisotopic (exact) mass is 743 g/mol. The van der Waals surface area contributed by atoms with E-state index in [1.54, 1.807) is 0 Å². The molecule has 11 aromatic rings. The number of hydrogen-bond acceptors (Lipinski definition) is 2. The van der Waals surface area contributed by atoms with Gasteiger partial charge in [-0.25, -0.2) is 0 Å². The van der Waals surface area contributed by atoms with Crippen LogP contribution in [-0.2, 0) is 0 Å². The van der Waals surface area contributed by atoms with Gasteiger partial charge < -0.3 is 18.8 Å². The summed E-state index contributed by atoms with van der Waals surface area (Å²) >= 11 is 0. The molecule has 0 N–H and O–H groups in total. The number of nitrogens with zero attached hydrogens (tertiary/aromatic N) is 4. The Kier molecular flexibility index (Phi) is 7.16. The molecule has 0 bridgehead atoms. The van der Waals surface area contributed by atoms with Crippen molar-refractivity contribution in [2.24, 2.45) is 0 Å². The van der Waals surface area contributed by atoms with Gasteiger partial charge in [-0.2, -0.15) is 4.57 Å². The highest BCUT2D eigenvalue weighted by Gasteiger charge is 2.27. The van der Waals surface area contributed by atoms with E-state index in [1.807, 2.05) is 24.3 Å². The van der Waals surface area contributed by atoms with E-state index < -0.39 is 0 Å². The number of hydrogen-bond donors (Lipinski definition) is 0. The summed E-state index contributed by atoms with van der Waals surface area (Å²) in [4.78, 5) is 2.32. The van der Waals surface area contributed by atoms with Crippen molar-refractivity contribution in [1.29, 1.82) is 0 Å². The lowest BCUT2D eigenvalue weighted by atomic mass is 10.0. The molecule has 0 radical (unpaired) electrons. The summed E-state index contributed by atoms with van der Waals surface area (Å²) in [6, 6.07) is 71.4. The molecule has 1 aliphatic heterocycles. The maximum absolute atomic E-state index is 6.39. The fourth-order valence-electron chi connectivity index (χ4n) is 8.93. The molecule has 0 saturated carbocycles. The summed E-state index contributed by atoms with van der Waals surface area (Å²) in [5.41, 5.74) is 13.5. The maximum atomic E-state index is 6.39. The minimum atomic E-state index is 0.839. The second-order valence-electron chi connectivity index (χ2n) is 14.9. The highest BCUT2D eigenvalue weighted by molar-refractivity contribution is 6.13. The van der Waals surface area contributed by atoms with E-state index in [0.29, 0.717) is 0 Å². The van der Waals surface area contributed by atoms with Gasteiger partial charge in [0, 0.05) is 51.4 Å². The average molecular weight is 744 g/mol. The van der Waals surface area contributed by atoms with Crippen LogP contribution in [0.1, 0.15) is 0 Å². The Morgan fingerprint density at radius 1 is 0.362 bits per heavy atom. The molecule has 272 valence electrons. The molecule has 0 unspecified atom stereocenters. The summed E-state index contributed by atoms with van der Waals surface area (Å²) in [5.74, 6) is 1.68. The van der Waals surface area contributed by atoms with Crippen LogP contribution in [0.25, 0.3) is 71.8 Å². The first-order chi connectivity index (χ1) is 28.8. The maximum Gasteiger partial charge on any atom is 0.210 e. The number of anilines is 3. The fraction of sp³-hybridized carbons (Fsp3) is 0. The van der Waals surface area contributed by atoms with Crippen molar-refractivity contribution in [3.8, 4) is 39.7 Å². The van der Waals surface area contributed by atoms with Crippen molar-refractivity contribution in [1.82, 2.24) is 9.13 Å². The number of pyridine rings is 1. The largest absolute Gasteiger partial charge is 0.453 e. The van der Waals surface area contributed by atoms with Crippen LogP contribution in [0.2, 0.25) is 0 Å². The van der Waals surface area contributed by atoms with Crippen LogP contribution in [0.4, 0.5) is 17.1 Å². The van der Waals surface area contributed by atoms with Crippen LogP contribution in [0.5, 0.6) is 11.5 Å². The van der Waals surface area contributed by atoms with Crippen molar-refractivity contribution in [2.75, 3.05) is 4.90 Å². The van der Waals surface area contributed by atoms with Gasteiger partial charge in [-0.05, 0) is 96.1 Å². The Labute approximate surface area is 335 Å². The fourth-order valence-corrected chi connectivity index (χ4v) is 8.93. The molecule has 1 aliphatic rings. The second-order valence-corrected chi connectivity index (χ2v) is 14.9. The summed E-state index contributed by atoms with van der Waals surface area (Å²) in [7, 11) is 0. The predicted octanol–water partition coefficient (Wildman–Crippen LogP) is 13.4. The van der Waals surface area contributed by atoms with E-state index in [0.717, 1.165) is 67.7 Å². The van der Waals surface area contributed by atoms with E-state index in [9.17, 15) is 0 Å². The van der Waals surface area contributed by atoms with Crippen LogP contribution in [-0.4, -0.2) is 9.13 Å². The minimum Gasteiger partial charge on any atom is -0.453 e. The Hall–Kier alpha value is -7.89. The Balaban J connectivity index is 1.12. The van der Waals surface area contributed by atoms with E-state index in [-0.39, 0.29) is 0 Å². The van der Waals surface area contributed by atoms with Gasteiger partial charge in [0.05, 0.1) is 38.8 Å². The summed E-state index contributed by atoms with van der Waals surface area (Å²) in [6.07, 6.45) is 4.44. The zero-order valence-corrected chi connectivity index (χ0v) is 31.4. The predicted molar refractivity (Wildman–Crippen MR) is 237 cm³/mol. The first-order valence-electron chi connectivity index (χ1n) is 19.7. The summed E-state index contributed by atoms with van der Waals surface area (Å²) in [5, 5.41) is 4.75. The SMILES string of the molecule is c1ccc(-c2ccc3c(c2)c2cc(N4c5ccccc5Oc5ccccc54)ccc2n3-c2ccc3c(c2)c2c[n+](-c4ccccc4)ccc2n3-c2ccccc2)cc1. The zero-order valence-electron chi connectivity index (χ0n) is 31.4. The molecule has 0 spiro atoms. The van der Waals surface area contributed by atoms with Crippen molar-refractivity contribution in [3.63, 3.8) is 0 Å². The van der Waals surface area contributed by atoms with E-state index in [1.165, 1.54) is 32.7 Å². The van der Waals surface area contributed by atoms with Crippen molar-refractivity contribution >= 4 is 60.7 Å². The van der Waals surface area contributed by atoms with Crippen molar-refractivity contribution in [2.45, 2.75) is 0 Å². The molecule has 0 amide bonds. The van der Waals surface area contributed by atoms with Crippen LogP contribution >= 0.6 is 0 Å². The van der Waals surface area contributed by atoms with Gasteiger partial charge in [0.25, 0.3) is 0 Å². The third-order valence-corrected chi connectivity index (χ3v) is 11.6. The first-order valence-corrected chi connectivity index (χ1v) is 19.7. The van der Waals surface area contributed by atoms with Gasteiger partial charge in [-0.3, -0.25) is 0 Å². The third-order valence-electron chi connectivity index (χ3n) is 11.6. The summed E-state index contributed by atoms with van der Waals surface area (Å²) < 4.78 is 13.4. The Morgan fingerprint density at radius 2 is 0.879 bits per heavy atom. The molecule has 3 aromatic heterocycles. The molecule has 0 aliphatic carbocycles. The molecule has 0 saturated heterocycles. The van der Waals surface area contributed by atoms with Gasteiger partial charge >= 0.3 is 0 Å². The van der Waals surface area contributed by atoms with Gasteiger partial charge in [0.1, 0.15) is 0 Å². The topological polar surface area (TPSA) is 26.2 Å². The highest BCUT2D eigenvalue weighted by Crippen LogP contribution is 2.51. The zero-order chi connectivity index (χ0) is 38.2. The smallest absolute Gasteiger partial charge is 0.210 e. The third kappa shape index (κ3) is 5.00. The van der Waals surface area contributed by atoms with Gasteiger partial charge in [-0.1, -0.05) is 97.1 Å². The molecular weight excluding hydrogens is 709 g/mol. The Bertz CT molecular complexity index is 3320. The van der Waals surface area contributed by atoms with Crippen LogP contribution < -0.4 is 14.2 Å². The van der Waals surface area contributed by atoms with Gasteiger partial charge in [0.2, 0.25) is 5.69 Å². The molecule has 4 heterocycles. The molecule has 8 aromatic carbocycles. The van der Waals surface area contributed by atoms with Crippen LogP contribution in [0, 0.1) is 0 Å². The van der Waals surface area contributed by atoms with Crippen LogP contribution in [0.15, 0.2) is 213 Å². The molecular formula is C53H35N4O+. The number of para-hydroxylation sites is 6. The lowest BCUT2D eigenvalue weighted by molar-refractivity contribution is -0.594. The molecule has 5 heteroatoms. The normalized spacial score (nSPS) is 12.2. The van der Waals surface area contributed by atoms with Crippen molar-refractivity contribution in [3.05, 3.63) is 213 Å². The number of ether oxygens (including phenoxy) is 1. The lowest BCUT2D eigenvalue weighted by Crippen LogP contribution is -2.29. The minimum absolute atomic E-state index is 0.839. The average Bonchev–Trinajstić information content (AvgIpc) is 3.80. The molecule has 5 nitrogen and oxygen atoms in total. The van der Waals surface area contributed by atoms with E-state index >= 15 is 0 Å². The highest BCUT2D eigenvalue weighted by atomic mass is 16.5. The molecule has 58 heavy (non-hydrogen) atoms. The number of rotatable bonds is 5. The van der Waals surface area contributed by atoms with Crippen LogP contribution in [0.3, 0.4) is 0 Å². The first kappa shape index (κ1) is 32.4. The van der Waals surface area contributed by atoms with Gasteiger partial charge in [-0.15, -0.1) is 0 Å².